The third-order valence-corrected chi connectivity index (χ3v) is 4.10. The molecule has 1 aromatic heterocycles. The van der Waals surface area contributed by atoms with Gasteiger partial charge in [-0.1, -0.05) is 35.9 Å². The van der Waals surface area contributed by atoms with Crippen molar-refractivity contribution in [1.29, 1.82) is 0 Å². The van der Waals surface area contributed by atoms with Crippen LogP contribution in [0.15, 0.2) is 72.9 Å². The molecule has 0 aliphatic rings. The molecule has 0 aliphatic carbocycles. The van der Waals surface area contributed by atoms with Crippen LogP contribution in [0.2, 0.25) is 0 Å². The number of amides is 2. The topological polar surface area (TPSA) is 71.1 Å². The minimum atomic E-state index is -0.202. The maximum atomic E-state index is 12.3. The van der Waals surface area contributed by atoms with Gasteiger partial charge in [0.2, 0.25) is 0 Å². The Hall–Kier alpha value is -3.47. The van der Waals surface area contributed by atoms with Crippen molar-refractivity contribution >= 4 is 11.8 Å². The molecule has 2 amide bonds. The zero-order valence-electron chi connectivity index (χ0n) is 15.1. The number of aromatic nitrogens is 1. The lowest BCUT2D eigenvalue weighted by atomic mass is 10.1. The Morgan fingerprint density at radius 2 is 1.48 bits per heavy atom. The third-order valence-electron chi connectivity index (χ3n) is 4.10. The molecular formula is C22H21N3O2. The summed E-state index contributed by atoms with van der Waals surface area (Å²) in [6.07, 6.45) is 1.69. The van der Waals surface area contributed by atoms with E-state index >= 15 is 0 Å². The van der Waals surface area contributed by atoms with Gasteiger partial charge in [0.05, 0.1) is 12.2 Å². The van der Waals surface area contributed by atoms with Gasteiger partial charge >= 0.3 is 0 Å². The number of benzene rings is 2. The first-order valence-electron chi connectivity index (χ1n) is 8.74. The van der Waals surface area contributed by atoms with Crippen molar-refractivity contribution in [3.63, 3.8) is 0 Å². The van der Waals surface area contributed by atoms with Gasteiger partial charge in [0.15, 0.2) is 0 Å². The summed E-state index contributed by atoms with van der Waals surface area (Å²) in [7, 11) is 0. The summed E-state index contributed by atoms with van der Waals surface area (Å²) in [5.41, 5.74) is 4.01. The number of nitrogens with one attached hydrogen (secondary N) is 2. The molecule has 3 rings (SSSR count). The van der Waals surface area contributed by atoms with Gasteiger partial charge in [-0.3, -0.25) is 14.6 Å². The molecule has 0 saturated heterocycles. The van der Waals surface area contributed by atoms with Crippen LogP contribution in [0.1, 0.15) is 37.5 Å². The van der Waals surface area contributed by atoms with Gasteiger partial charge in [-0.05, 0) is 48.9 Å². The van der Waals surface area contributed by atoms with Crippen molar-refractivity contribution in [2.45, 2.75) is 20.0 Å². The minimum Gasteiger partial charge on any atom is -0.348 e. The molecule has 0 bridgehead atoms. The molecular weight excluding hydrogens is 338 g/mol. The van der Waals surface area contributed by atoms with Crippen molar-refractivity contribution in [2.75, 3.05) is 0 Å². The quantitative estimate of drug-likeness (QED) is 0.710. The molecule has 0 saturated carbocycles. The van der Waals surface area contributed by atoms with Gasteiger partial charge in [0.25, 0.3) is 11.8 Å². The first-order valence-corrected chi connectivity index (χ1v) is 8.74. The van der Waals surface area contributed by atoms with E-state index < -0.39 is 0 Å². The number of pyridine rings is 1. The van der Waals surface area contributed by atoms with Crippen LogP contribution in [-0.4, -0.2) is 16.8 Å². The molecule has 0 fully saturated rings. The van der Waals surface area contributed by atoms with Crippen molar-refractivity contribution in [3.05, 3.63) is 101 Å². The summed E-state index contributed by atoms with van der Waals surface area (Å²) in [4.78, 5) is 28.6. The summed E-state index contributed by atoms with van der Waals surface area (Å²) in [6, 6.07) is 20.2. The van der Waals surface area contributed by atoms with E-state index in [2.05, 4.69) is 15.6 Å². The summed E-state index contributed by atoms with van der Waals surface area (Å²) in [5, 5.41) is 5.70. The smallest absolute Gasteiger partial charge is 0.251 e. The first kappa shape index (κ1) is 18.3. The van der Waals surface area contributed by atoms with Crippen LogP contribution < -0.4 is 10.6 Å². The molecule has 5 heteroatoms. The van der Waals surface area contributed by atoms with Gasteiger partial charge in [0.1, 0.15) is 0 Å². The monoisotopic (exact) mass is 359 g/mol. The Labute approximate surface area is 158 Å². The van der Waals surface area contributed by atoms with Crippen molar-refractivity contribution < 1.29 is 9.59 Å². The van der Waals surface area contributed by atoms with Crippen LogP contribution in [0.25, 0.3) is 0 Å². The summed E-state index contributed by atoms with van der Waals surface area (Å²) < 4.78 is 0. The number of nitrogens with zero attached hydrogens (tertiary/aromatic N) is 1. The lowest BCUT2D eigenvalue weighted by Gasteiger charge is -2.08. The Morgan fingerprint density at radius 1 is 0.815 bits per heavy atom. The fourth-order valence-electron chi connectivity index (χ4n) is 2.66. The molecule has 2 aromatic carbocycles. The van der Waals surface area contributed by atoms with E-state index in [1.165, 1.54) is 0 Å². The minimum absolute atomic E-state index is 0.169. The molecule has 0 spiro atoms. The molecule has 0 aliphatic heterocycles. The maximum Gasteiger partial charge on any atom is 0.251 e. The highest BCUT2D eigenvalue weighted by Gasteiger charge is 2.09. The van der Waals surface area contributed by atoms with Gasteiger partial charge < -0.3 is 10.6 Å². The zero-order chi connectivity index (χ0) is 19.1. The number of rotatable bonds is 6. The van der Waals surface area contributed by atoms with Crippen molar-refractivity contribution in [1.82, 2.24) is 15.6 Å². The molecule has 136 valence electrons. The predicted molar refractivity (Wildman–Crippen MR) is 104 cm³/mol. The Balaban J connectivity index is 1.54. The normalized spacial score (nSPS) is 10.3. The SMILES string of the molecule is Cc1cccc(CNC(=O)c2ccc(C(=O)NCc3ccccn3)cc2)c1. The van der Waals surface area contributed by atoms with Crippen LogP contribution in [-0.2, 0) is 13.1 Å². The lowest BCUT2D eigenvalue weighted by Crippen LogP contribution is -2.24. The number of carbonyl (C=O) groups excluding carboxylic acids is 2. The predicted octanol–water partition coefficient (Wildman–Crippen LogP) is 3.25. The van der Waals surface area contributed by atoms with E-state index in [4.69, 9.17) is 0 Å². The highest BCUT2D eigenvalue weighted by Crippen LogP contribution is 2.07. The number of aryl methyl sites for hydroxylation is 1. The van der Waals surface area contributed by atoms with Crippen LogP contribution in [0, 0.1) is 6.92 Å². The molecule has 5 nitrogen and oxygen atoms in total. The van der Waals surface area contributed by atoms with E-state index in [0.29, 0.717) is 24.2 Å². The fraction of sp³-hybridized carbons (Fsp3) is 0.136. The van der Waals surface area contributed by atoms with Crippen molar-refractivity contribution in [3.8, 4) is 0 Å². The van der Waals surface area contributed by atoms with Crippen LogP contribution in [0.4, 0.5) is 0 Å². The second kappa shape index (κ2) is 8.76. The molecule has 3 aromatic rings. The van der Waals surface area contributed by atoms with Crippen LogP contribution in [0.5, 0.6) is 0 Å². The fourth-order valence-corrected chi connectivity index (χ4v) is 2.66. The number of hydrogen-bond acceptors (Lipinski definition) is 3. The van der Waals surface area contributed by atoms with Gasteiger partial charge in [-0.2, -0.15) is 0 Å². The average molecular weight is 359 g/mol. The summed E-state index contributed by atoms with van der Waals surface area (Å²) in [6.45, 7) is 2.84. The highest BCUT2D eigenvalue weighted by atomic mass is 16.2. The highest BCUT2D eigenvalue weighted by molar-refractivity contribution is 5.97. The molecule has 1 heterocycles. The number of carbonyl (C=O) groups is 2. The zero-order valence-corrected chi connectivity index (χ0v) is 15.1. The first-order chi connectivity index (χ1) is 13.1. The van der Waals surface area contributed by atoms with E-state index in [1.807, 2.05) is 49.4 Å². The molecule has 0 atom stereocenters. The van der Waals surface area contributed by atoms with E-state index in [1.54, 1.807) is 30.5 Å². The van der Waals surface area contributed by atoms with Crippen molar-refractivity contribution in [2.24, 2.45) is 0 Å². The largest absolute Gasteiger partial charge is 0.348 e. The van der Waals surface area contributed by atoms with E-state index in [9.17, 15) is 9.59 Å². The molecule has 2 N–H and O–H groups in total. The second-order valence-electron chi connectivity index (χ2n) is 6.25. The molecule has 27 heavy (non-hydrogen) atoms. The van der Waals surface area contributed by atoms with E-state index in [-0.39, 0.29) is 11.8 Å². The standard InChI is InChI=1S/C22H21N3O2/c1-16-5-4-6-17(13-16)14-24-21(26)18-8-10-19(11-9-18)22(27)25-15-20-7-2-3-12-23-20/h2-13H,14-15H2,1H3,(H,24,26)(H,25,27). The Bertz CT molecular complexity index is 922. The third kappa shape index (κ3) is 5.25. The lowest BCUT2D eigenvalue weighted by molar-refractivity contribution is 0.0939. The molecule has 0 radical (unpaired) electrons. The Morgan fingerprint density at radius 3 is 2.07 bits per heavy atom. The maximum absolute atomic E-state index is 12.3. The molecule has 0 unspecified atom stereocenters. The van der Waals surface area contributed by atoms with Gasteiger partial charge in [-0.25, -0.2) is 0 Å². The summed E-state index contributed by atoms with van der Waals surface area (Å²) >= 11 is 0. The number of hydrogen-bond donors (Lipinski definition) is 2. The van der Waals surface area contributed by atoms with E-state index in [0.717, 1.165) is 16.8 Å². The average Bonchev–Trinajstić information content (AvgIpc) is 2.71. The Kier molecular flexibility index (Phi) is 5.94. The van der Waals surface area contributed by atoms with Gasteiger partial charge in [0, 0.05) is 23.9 Å². The summed E-state index contributed by atoms with van der Waals surface area (Å²) in [5.74, 6) is -0.371. The van der Waals surface area contributed by atoms with Gasteiger partial charge in [-0.15, -0.1) is 0 Å². The van der Waals surface area contributed by atoms with Crippen LogP contribution in [0.3, 0.4) is 0 Å². The second-order valence-corrected chi connectivity index (χ2v) is 6.25. The van der Waals surface area contributed by atoms with Crippen LogP contribution >= 0.6 is 0 Å².